The van der Waals surface area contributed by atoms with Gasteiger partial charge in [-0.25, -0.2) is 0 Å². The van der Waals surface area contributed by atoms with Crippen molar-refractivity contribution in [3.63, 3.8) is 0 Å². The van der Waals surface area contributed by atoms with Crippen LogP contribution in [0.3, 0.4) is 0 Å². The largest absolute Gasteiger partial charge is 0.540 e. The van der Waals surface area contributed by atoms with Crippen molar-refractivity contribution >= 4 is 8.03 Å². The van der Waals surface area contributed by atoms with Gasteiger partial charge in [0.05, 0.1) is 6.42 Å². The molecule has 88 valence electrons. The lowest BCUT2D eigenvalue weighted by atomic mass is 10.4. The van der Waals surface area contributed by atoms with Crippen LogP contribution in [0.25, 0.3) is 0 Å². The molecule has 0 aliphatic rings. The molecule has 0 saturated carbocycles. The summed E-state index contributed by atoms with van der Waals surface area (Å²) >= 11 is 0. The zero-order valence-corrected chi connectivity index (χ0v) is 7.99. The summed E-state index contributed by atoms with van der Waals surface area (Å²) in [6.07, 6.45) is -10.0. The molecule has 0 radical (unpaired) electrons. The van der Waals surface area contributed by atoms with Crippen molar-refractivity contribution in [1.82, 2.24) is 0 Å². The van der Waals surface area contributed by atoms with E-state index in [1.165, 1.54) is 0 Å². The number of hydrogen-bond acceptors (Lipinski definition) is 2. The maximum atomic E-state index is 11.5. The van der Waals surface area contributed by atoms with Crippen molar-refractivity contribution in [3.8, 4) is 0 Å². The average Bonchev–Trinajstić information content (AvgIpc) is 1.97. The van der Waals surface area contributed by atoms with Gasteiger partial charge in [0.25, 0.3) is 0 Å². The molecule has 0 N–H and O–H groups in total. The maximum Gasteiger partial charge on any atom is 0.540 e. The SMILES string of the molecule is O=[P+](C=CCC(F)(F)F)OCC(F)(F)F. The van der Waals surface area contributed by atoms with E-state index < -0.39 is 33.4 Å². The molecule has 0 fully saturated rings. The van der Waals surface area contributed by atoms with Crippen LogP contribution in [-0.4, -0.2) is 19.0 Å². The van der Waals surface area contributed by atoms with Crippen molar-refractivity contribution in [3.05, 3.63) is 11.9 Å². The van der Waals surface area contributed by atoms with E-state index in [0.717, 1.165) is 0 Å². The molecule has 15 heavy (non-hydrogen) atoms. The summed E-state index contributed by atoms with van der Waals surface area (Å²) in [6, 6.07) is 0. The zero-order chi connectivity index (χ0) is 12.1. The second-order valence-corrected chi connectivity index (χ2v) is 3.51. The molecule has 9 heteroatoms. The Kier molecular flexibility index (Phi) is 5.23. The molecule has 0 rings (SSSR count). The lowest BCUT2D eigenvalue weighted by Gasteiger charge is -1.99. The monoisotopic (exact) mass is 255 g/mol. The number of halogens is 6. The van der Waals surface area contributed by atoms with Gasteiger partial charge in [-0.05, 0) is 10.6 Å². The van der Waals surface area contributed by atoms with Gasteiger partial charge in [-0.2, -0.15) is 26.3 Å². The van der Waals surface area contributed by atoms with Gasteiger partial charge >= 0.3 is 20.4 Å². The molecule has 0 saturated heterocycles. The molecule has 0 amide bonds. The van der Waals surface area contributed by atoms with E-state index in [1.807, 2.05) is 0 Å². The van der Waals surface area contributed by atoms with Gasteiger partial charge in [-0.15, -0.1) is 4.52 Å². The summed E-state index contributed by atoms with van der Waals surface area (Å²) in [5.41, 5.74) is 0. The second kappa shape index (κ2) is 5.46. The van der Waals surface area contributed by atoms with Crippen LogP contribution in [0.4, 0.5) is 26.3 Å². The minimum atomic E-state index is -4.65. The molecular formula is C6H6F6O2P+. The quantitative estimate of drug-likeness (QED) is 0.564. The molecule has 0 aromatic heterocycles. The highest BCUT2D eigenvalue weighted by Gasteiger charge is 2.33. The Labute approximate surface area is 81.8 Å². The Balaban J connectivity index is 3.85. The number of alkyl halides is 6. The van der Waals surface area contributed by atoms with Crippen LogP contribution in [0.15, 0.2) is 11.9 Å². The predicted octanol–water partition coefficient (Wildman–Crippen LogP) is 3.77. The molecule has 0 bridgehead atoms. The third-order valence-electron chi connectivity index (χ3n) is 0.932. The average molecular weight is 255 g/mol. The highest BCUT2D eigenvalue weighted by Crippen LogP contribution is 2.29. The normalized spacial score (nSPS) is 14.7. The highest BCUT2D eigenvalue weighted by atomic mass is 31.1. The summed E-state index contributed by atoms with van der Waals surface area (Å²) in [6.45, 7) is -1.75. The lowest BCUT2D eigenvalue weighted by Crippen LogP contribution is -2.14. The van der Waals surface area contributed by atoms with E-state index >= 15 is 0 Å². The minimum Gasteiger partial charge on any atom is -0.171 e. The molecule has 0 aliphatic heterocycles. The first kappa shape index (κ1) is 14.4. The highest BCUT2D eigenvalue weighted by molar-refractivity contribution is 7.42. The maximum absolute atomic E-state index is 11.5. The third kappa shape index (κ3) is 11.3. The first-order valence-corrected chi connectivity index (χ1v) is 4.74. The summed E-state index contributed by atoms with van der Waals surface area (Å²) in [7, 11) is -2.85. The second-order valence-electron chi connectivity index (χ2n) is 2.38. The van der Waals surface area contributed by atoms with Gasteiger partial charge < -0.3 is 0 Å². The standard InChI is InChI=1S/C6H6F6O2P/c7-5(8,9)2-1-3-15(13)14-4-6(10,11)12/h1,3H,2,4H2/q+1. The Morgan fingerprint density at radius 2 is 1.60 bits per heavy atom. The fourth-order valence-corrected chi connectivity index (χ4v) is 1.09. The molecule has 1 unspecified atom stereocenters. The number of rotatable bonds is 4. The van der Waals surface area contributed by atoms with Crippen molar-refractivity contribution in [2.45, 2.75) is 18.8 Å². The van der Waals surface area contributed by atoms with Crippen LogP contribution in [0.2, 0.25) is 0 Å². The molecule has 0 spiro atoms. The van der Waals surface area contributed by atoms with E-state index in [1.54, 1.807) is 0 Å². The van der Waals surface area contributed by atoms with Crippen molar-refractivity contribution in [2.75, 3.05) is 6.61 Å². The molecule has 0 heterocycles. The Morgan fingerprint density at radius 3 is 2.00 bits per heavy atom. The summed E-state index contributed by atoms with van der Waals surface area (Å²) < 4.78 is 83.3. The number of hydrogen-bond donors (Lipinski definition) is 0. The number of allylic oxidation sites excluding steroid dienone is 1. The van der Waals surface area contributed by atoms with Crippen LogP contribution < -0.4 is 0 Å². The predicted molar refractivity (Wildman–Crippen MR) is 39.4 cm³/mol. The van der Waals surface area contributed by atoms with Crippen LogP contribution in [0.1, 0.15) is 6.42 Å². The molecule has 2 nitrogen and oxygen atoms in total. The van der Waals surface area contributed by atoms with E-state index in [2.05, 4.69) is 4.52 Å². The smallest absolute Gasteiger partial charge is 0.171 e. The van der Waals surface area contributed by atoms with Crippen LogP contribution >= 0.6 is 8.03 Å². The van der Waals surface area contributed by atoms with Gasteiger partial charge in [0.1, 0.15) is 0 Å². The molecule has 1 atom stereocenters. The fraction of sp³-hybridized carbons (Fsp3) is 0.667. The van der Waals surface area contributed by atoms with Crippen molar-refractivity contribution in [2.24, 2.45) is 0 Å². The van der Waals surface area contributed by atoms with Gasteiger partial charge in [-0.3, -0.25) is 0 Å². The van der Waals surface area contributed by atoms with Crippen LogP contribution in [0.5, 0.6) is 0 Å². The molecular weight excluding hydrogens is 249 g/mol. The fourth-order valence-electron chi connectivity index (χ4n) is 0.452. The van der Waals surface area contributed by atoms with E-state index in [4.69, 9.17) is 0 Å². The summed E-state index contributed by atoms with van der Waals surface area (Å²) in [5.74, 6) is 0.453. The van der Waals surface area contributed by atoms with E-state index in [0.29, 0.717) is 11.9 Å². The van der Waals surface area contributed by atoms with Crippen LogP contribution in [-0.2, 0) is 9.09 Å². The van der Waals surface area contributed by atoms with Crippen molar-refractivity contribution in [1.29, 1.82) is 0 Å². The Hall–Kier alpha value is -0.620. The Morgan fingerprint density at radius 1 is 1.07 bits per heavy atom. The van der Waals surface area contributed by atoms with Gasteiger partial charge in [0.2, 0.25) is 0 Å². The summed E-state index contributed by atoms with van der Waals surface area (Å²) in [5, 5.41) is 0. The zero-order valence-electron chi connectivity index (χ0n) is 7.10. The lowest BCUT2D eigenvalue weighted by molar-refractivity contribution is -0.152. The third-order valence-corrected chi connectivity index (χ3v) is 1.77. The van der Waals surface area contributed by atoms with E-state index in [9.17, 15) is 30.9 Å². The van der Waals surface area contributed by atoms with Crippen LogP contribution in [0, 0.1) is 0 Å². The summed E-state index contributed by atoms with van der Waals surface area (Å²) in [4.78, 5) is 0. The minimum absolute atomic E-state index is 0.453. The Bertz CT molecular complexity index is 243. The first-order chi connectivity index (χ1) is 6.60. The molecule has 0 aliphatic carbocycles. The van der Waals surface area contributed by atoms with Gasteiger partial charge in [0.15, 0.2) is 12.4 Å². The molecule has 0 aromatic rings. The van der Waals surface area contributed by atoms with Gasteiger partial charge in [0, 0.05) is 0 Å². The van der Waals surface area contributed by atoms with Crippen molar-refractivity contribution < 1.29 is 35.4 Å². The first-order valence-electron chi connectivity index (χ1n) is 3.49. The van der Waals surface area contributed by atoms with E-state index in [-0.39, 0.29) is 0 Å². The van der Waals surface area contributed by atoms with Gasteiger partial charge in [-0.1, -0.05) is 0 Å². The topological polar surface area (TPSA) is 26.3 Å². The molecule has 0 aromatic carbocycles.